The second kappa shape index (κ2) is 4.75. The van der Waals surface area contributed by atoms with Gasteiger partial charge in [-0.1, -0.05) is 23.7 Å². The van der Waals surface area contributed by atoms with E-state index in [9.17, 15) is 17.9 Å². The topological polar surface area (TPSA) is 54.4 Å². The third-order valence-electron chi connectivity index (χ3n) is 2.00. The van der Waals surface area contributed by atoms with Crippen molar-refractivity contribution >= 4 is 44.0 Å². The summed E-state index contributed by atoms with van der Waals surface area (Å²) in [6.45, 7) is 0. The molecule has 0 saturated heterocycles. The minimum Gasteiger partial charge on any atom is -0.385 e. The summed E-state index contributed by atoms with van der Waals surface area (Å²) < 4.78 is 33.5. The van der Waals surface area contributed by atoms with Crippen LogP contribution in [0.5, 0.6) is 0 Å². The van der Waals surface area contributed by atoms with Crippen molar-refractivity contribution in [1.29, 1.82) is 0 Å². The first-order valence-electron chi connectivity index (χ1n) is 4.17. The Morgan fingerprint density at radius 1 is 1.44 bits per heavy atom. The SMILES string of the molecule is CS(=O)(=O)[C@@](Cl)(I)[C@H](O)c1ccc(F)cc1. The summed E-state index contributed by atoms with van der Waals surface area (Å²) in [6.07, 6.45) is -0.496. The van der Waals surface area contributed by atoms with E-state index in [-0.39, 0.29) is 5.56 Å². The molecule has 0 bridgehead atoms. The highest BCUT2D eigenvalue weighted by molar-refractivity contribution is 14.1. The maximum atomic E-state index is 12.6. The third-order valence-corrected chi connectivity index (χ3v) is 7.25. The molecule has 0 unspecified atom stereocenters. The highest BCUT2D eigenvalue weighted by Crippen LogP contribution is 2.42. The normalized spacial score (nSPS) is 17.8. The number of sulfone groups is 1. The number of halogens is 3. The monoisotopic (exact) mass is 378 g/mol. The molecule has 0 radical (unpaired) electrons. The standard InChI is InChI=1S/C9H9ClFIO3S/c1-16(14,15)9(10,12)8(13)6-2-4-7(11)5-3-6/h2-5,8,13H,1H3/t8-,9+/m1/s1. The van der Waals surface area contributed by atoms with Crippen LogP contribution in [0.4, 0.5) is 4.39 Å². The molecule has 0 amide bonds. The average Bonchev–Trinajstić information content (AvgIpc) is 2.16. The van der Waals surface area contributed by atoms with Crippen molar-refractivity contribution in [1.82, 2.24) is 0 Å². The Morgan fingerprint density at radius 2 is 1.88 bits per heavy atom. The van der Waals surface area contributed by atoms with Crippen LogP contribution in [-0.2, 0) is 9.84 Å². The van der Waals surface area contributed by atoms with Gasteiger partial charge in [-0.05, 0) is 40.3 Å². The van der Waals surface area contributed by atoms with E-state index in [2.05, 4.69) is 0 Å². The van der Waals surface area contributed by atoms with Crippen LogP contribution in [0.15, 0.2) is 24.3 Å². The smallest absolute Gasteiger partial charge is 0.224 e. The Hall–Kier alpha value is 0.0800. The van der Waals surface area contributed by atoms with Gasteiger partial charge in [0.2, 0.25) is 2.21 Å². The summed E-state index contributed by atoms with van der Waals surface area (Å²) in [5.41, 5.74) is 0.247. The second-order valence-corrected chi connectivity index (χ2v) is 9.37. The highest BCUT2D eigenvalue weighted by Gasteiger charge is 2.43. The molecular weight excluding hydrogens is 370 g/mol. The first kappa shape index (κ1) is 14.1. The fourth-order valence-electron chi connectivity index (χ4n) is 1.04. The van der Waals surface area contributed by atoms with Crippen LogP contribution in [0.25, 0.3) is 0 Å². The van der Waals surface area contributed by atoms with Crippen LogP contribution in [0.2, 0.25) is 0 Å². The molecule has 0 aliphatic rings. The molecule has 0 fully saturated rings. The van der Waals surface area contributed by atoms with Crippen LogP contribution in [0.3, 0.4) is 0 Å². The average molecular weight is 379 g/mol. The summed E-state index contributed by atoms with van der Waals surface area (Å²) in [5, 5.41) is 9.83. The van der Waals surface area contributed by atoms with Gasteiger partial charge >= 0.3 is 0 Å². The summed E-state index contributed by atoms with van der Waals surface area (Å²) in [6, 6.07) is 4.84. The van der Waals surface area contributed by atoms with E-state index in [1.165, 1.54) is 34.7 Å². The van der Waals surface area contributed by atoms with Crippen molar-refractivity contribution in [3.8, 4) is 0 Å². The largest absolute Gasteiger partial charge is 0.385 e. The Balaban J connectivity index is 3.12. The van der Waals surface area contributed by atoms with Crippen molar-refractivity contribution in [3.63, 3.8) is 0 Å². The van der Waals surface area contributed by atoms with Crippen LogP contribution in [0.1, 0.15) is 11.7 Å². The number of hydrogen-bond acceptors (Lipinski definition) is 3. The lowest BCUT2D eigenvalue weighted by Gasteiger charge is -2.24. The van der Waals surface area contributed by atoms with Gasteiger partial charge < -0.3 is 5.11 Å². The van der Waals surface area contributed by atoms with Gasteiger partial charge in [0.25, 0.3) is 0 Å². The molecule has 2 atom stereocenters. The summed E-state index contributed by atoms with van der Waals surface area (Å²) >= 11 is 7.25. The van der Waals surface area contributed by atoms with Gasteiger partial charge in [-0.15, -0.1) is 0 Å². The van der Waals surface area contributed by atoms with Crippen LogP contribution in [0, 0.1) is 5.82 Å². The number of rotatable bonds is 3. The fourth-order valence-corrected chi connectivity index (χ4v) is 2.07. The molecule has 0 spiro atoms. The van der Waals surface area contributed by atoms with Gasteiger partial charge in [0.05, 0.1) is 0 Å². The molecule has 1 aromatic rings. The summed E-state index contributed by atoms with van der Waals surface area (Å²) in [4.78, 5) is 0. The molecular formula is C9H9ClFIO3S. The summed E-state index contributed by atoms with van der Waals surface area (Å²) in [7, 11) is -3.65. The van der Waals surface area contributed by atoms with E-state index in [4.69, 9.17) is 11.6 Å². The maximum absolute atomic E-state index is 12.6. The van der Waals surface area contributed by atoms with E-state index < -0.39 is 24.0 Å². The number of alkyl halides is 2. The van der Waals surface area contributed by atoms with E-state index >= 15 is 0 Å². The number of aliphatic hydroxyl groups excluding tert-OH is 1. The minimum absolute atomic E-state index is 0.247. The molecule has 16 heavy (non-hydrogen) atoms. The van der Waals surface area contributed by atoms with Gasteiger partial charge in [-0.2, -0.15) is 0 Å². The Kier molecular flexibility index (Phi) is 4.20. The third kappa shape index (κ3) is 2.85. The molecule has 90 valence electrons. The first-order chi connectivity index (χ1) is 7.16. The van der Waals surface area contributed by atoms with E-state index in [0.717, 1.165) is 18.4 Å². The second-order valence-electron chi connectivity index (χ2n) is 3.29. The van der Waals surface area contributed by atoms with Gasteiger partial charge in [-0.25, -0.2) is 12.8 Å². The number of aliphatic hydroxyl groups is 1. The van der Waals surface area contributed by atoms with E-state index in [1.807, 2.05) is 0 Å². The molecule has 1 aromatic carbocycles. The number of hydrogen-bond donors (Lipinski definition) is 1. The minimum atomic E-state index is -3.65. The van der Waals surface area contributed by atoms with Gasteiger partial charge in [0.15, 0.2) is 9.84 Å². The highest BCUT2D eigenvalue weighted by atomic mass is 127. The zero-order valence-electron chi connectivity index (χ0n) is 8.19. The molecule has 1 N–H and O–H groups in total. The lowest BCUT2D eigenvalue weighted by atomic mass is 10.1. The van der Waals surface area contributed by atoms with Crippen LogP contribution in [-0.4, -0.2) is 22.0 Å². The van der Waals surface area contributed by atoms with Crippen molar-refractivity contribution in [2.75, 3.05) is 6.26 Å². The quantitative estimate of drug-likeness (QED) is 0.648. The van der Waals surface area contributed by atoms with Gasteiger partial charge in [0, 0.05) is 6.26 Å². The molecule has 3 nitrogen and oxygen atoms in total. The molecule has 0 aliphatic heterocycles. The molecule has 0 heterocycles. The summed E-state index contributed by atoms with van der Waals surface area (Å²) in [5.74, 6) is -0.469. The maximum Gasteiger partial charge on any atom is 0.224 e. The van der Waals surface area contributed by atoms with Crippen LogP contribution < -0.4 is 0 Å². The van der Waals surface area contributed by atoms with Crippen molar-refractivity contribution in [2.24, 2.45) is 0 Å². The molecule has 0 aromatic heterocycles. The first-order valence-corrected chi connectivity index (χ1v) is 7.52. The van der Waals surface area contributed by atoms with Gasteiger partial charge in [-0.3, -0.25) is 0 Å². The predicted octanol–water partition coefficient (Wildman–Crippen LogP) is 2.23. The fraction of sp³-hybridized carbons (Fsp3) is 0.333. The Labute approximate surface area is 112 Å². The van der Waals surface area contributed by atoms with E-state index in [1.54, 1.807) is 0 Å². The van der Waals surface area contributed by atoms with E-state index in [0.29, 0.717) is 0 Å². The Morgan fingerprint density at radius 3 is 2.25 bits per heavy atom. The lowest BCUT2D eigenvalue weighted by Crippen LogP contribution is -2.32. The molecule has 0 aliphatic carbocycles. The van der Waals surface area contributed by atoms with Crippen molar-refractivity contribution in [2.45, 2.75) is 8.32 Å². The molecule has 0 saturated carbocycles. The molecule has 7 heteroatoms. The Bertz CT molecular complexity index is 472. The zero-order valence-corrected chi connectivity index (χ0v) is 11.9. The molecule has 1 rings (SSSR count). The van der Waals surface area contributed by atoms with Crippen molar-refractivity contribution in [3.05, 3.63) is 35.6 Å². The van der Waals surface area contributed by atoms with Crippen LogP contribution >= 0.6 is 34.2 Å². The number of benzene rings is 1. The predicted molar refractivity (Wildman–Crippen MR) is 68.8 cm³/mol. The zero-order chi connectivity index (χ0) is 12.6. The van der Waals surface area contributed by atoms with Gasteiger partial charge in [0.1, 0.15) is 11.9 Å². The van der Waals surface area contributed by atoms with Crippen molar-refractivity contribution < 1.29 is 17.9 Å². The lowest BCUT2D eigenvalue weighted by molar-refractivity contribution is 0.187.